The van der Waals surface area contributed by atoms with E-state index < -0.39 is 0 Å². The molecule has 2 heterocycles. The maximum atomic E-state index is 4.17. The smallest absolute Gasteiger partial charge is 0.0795 e. The quantitative estimate of drug-likeness (QED) is 0.807. The second-order valence-corrected chi connectivity index (χ2v) is 3.29. The van der Waals surface area contributed by atoms with Crippen LogP contribution in [0, 0.1) is 0 Å². The van der Waals surface area contributed by atoms with Crippen LogP contribution >= 0.6 is 11.3 Å². The monoisotopic (exact) mass is 191 g/mol. The first-order chi connectivity index (χ1) is 6.45. The van der Waals surface area contributed by atoms with E-state index in [2.05, 4.69) is 15.3 Å². The van der Waals surface area contributed by atoms with Crippen LogP contribution in [0.1, 0.15) is 5.69 Å². The Morgan fingerprint density at radius 2 is 2.15 bits per heavy atom. The molecule has 3 nitrogen and oxygen atoms in total. The summed E-state index contributed by atoms with van der Waals surface area (Å²) in [5.74, 6) is 0. The Kier molecular flexibility index (Phi) is 2.52. The fourth-order valence-corrected chi connectivity index (χ4v) is 1.55. The van der Waals surface area contributed by atoms with Gasteiger partial charge < -0.3 is 5.32 Å². The first-order valence-electron chi connectivity index (χ1n) is 3.96. The number of nitrogens with one attached hydrogen (secondary N) is 1. The molecule has 0 saturated heterocycles. The van der Waals surface area contributed by atoms with E-state index in [0.717, 1.165) is 17.9 Å². The van der Waals surface area contributed by atoms with Gasteiger partial charge in [0.15, 0.2) is 0 Å². The molecule has 1 N–H and O–H groups in total. The first-order valence-corrected chi connectivity index (χ1v) is 4.90. The lowest BCUT2D eigenvalue weighted by molar-refractivity contribution is 1.07. The Hall–Kier alpha value is -1.42. The van der Waals surface area contributed by atoms with Crippen molar-refractivity contribution >= 4 is 17.0 Å². The van der Waals surface area contributed by atoms with Gasteiger partial charge in [-0.3, -0.25) is 4.98 Å². The van der Waals surface area contributed by atoms with Gasteiger partial charge in [0.05, 0.1) is 17.7 Å². The molecule has 0 aromatic carbocycles. The van der Waals surface area contributed by atoms with E-state index in [0.29, 0.717) is 0 Å². The van der Waals surface area contributed by atoms with Crippen molar-refractivity contribution in [3.63, 3.8) is 0 Å². The summed E-state index contributed by atoms with van der Waals surface area (Å²) >= 11 is 1.61. The Bertz CT molecular complexity index is 344. The lowest BCUT2D eigenvalue weighted by atomic mass is 10.4. The summed E-state index contributed by atoms with van der Waals surface area (Å²) in [6.07, 6.45) is 3.53. The first kappa shape index (κ1) is 8.19. The van der Waals surface area contributed by atoms with E-state index in [1.807, 2.05) is 23.0 Å². The normalized spacial score (nSPS) is 9.85. The second-order valence-electron chi connectivity index (χ2n) is 2.57. The topological polar surface area (TPSA) is 37.8 Å². The summed E-state index contributed by atoms with van der Waals surface area (Å²) in [7, 11) is 0. The van der Waals surface area contributed by atoms with Gasteiger partial charge in [0.25, 0.3) is 0 Å². The number of nitrogens with zero attached hydrogens (tertiary/aromatic N) is 2. The van der Waals surface area contributed by atoms with Crippen molar-refractivity contribution in [3.05, 3.63) is 41.1 Å². The predicted octanol–water partition coefficient (Wildman–Crippen LogP) is 2.15. The molecule has 0 bridgehead atoms. The third-order valence-corrected chi connectivity index (χ3v) is 2.27. The zero-order chi connectivity index (χ0) is 8.93. The molecule has 0 atom stereocenters. The lowest BCUT2D eigenvalue weighted by Gasteiger charge is -2.02. The van der Waals surface area contributed by atoms with Crippen molar-refractivity contribution in [2.45, 2.75) is 6.54 Å². The van der Waals surface area contributed by atoms with Crippen molar-refractivity contribution in [3.8, 4) is 0 Å². The van der Waals surface area contributed by atoms with E-state index in [1.54, 1.807) is 23.7 Å². The van der Waals surface area contributed by atoms with Crippen LogP contribution in [0.2, 0.25) is 0 Å². The summed E-state index contributed by atoms with van der Waals surface area (Å²) in [6, 6.07) is 3.87. The van der Waals surface area contributed by atoms with Crippen LogP contribution in [0.15, 0.2) is 35.4 Å². The van der Waals surface area contributed by atoms with Crippen LogP contribution in [0.5, 0.6) is 0 Å². The molecule has 0 spiro atoms. The Morgan fingerprint density at radius 1 is 1.31 bits per heavy atom. The molecule has 4 heteroatoms. The largest absolute Gasteiger partial charge is 0.379 e. The van der Waals surface area contributed by atoms with Crippen molar-refractivity contribution in [1.29, 1.82) is 0 Å². The number of rotatable bonds is 3. The summed E-state index contributed by atoms with van der Waals surface area (Å²) in [5.41, 5.74) is 3.98. The minimum Gasteiger partial charge on any atom is -0.379 e. The zero-order valence-electron chi connectivity index (χ0n) is 6.97. The molecule has 0 radical (unpaired) electrons. The molecule has 13 heavy (non-hydrogen) atoms. The molecule has 0 unspecified atom stereocenters. The Morgan fingerprint density at radius 3 is 2.85 bits per heavy atom. The van der Waals surface area contributed by atoms with Crippen molar-refractivity contribution in [2.75, 3.05) is 5.32 Å². The maximum absolute atomic E-state index is 4.17. The molecule has 0 amide bonds. The van der Waals surface area contributed by atoms with Gasteiger partial charge in [0.2, 0.25) is 0 Å². The lowest BCUT2D eigenvalue weighted by Crippen LogP contribution is -1.98. The van der Waals surface area contributed by atoms with E-state index in [9.17, 15) is 0 Å². The summed E-state index contributed by atoms with van der Waals surface area (Å²) in [4.78, 5) is 8.11. The highest BCUT2D eigenvalue weighted by Crippen LogP contribution is 2.07. The molecule has 0 fully saturated rings. The van der Waals surface area contributed by atoms with Gasteiger partial charge >= 0.3 is 0 Å². The number of aromatic nitrogens is 2. The number of anilines is 1. The summed E-state index contributed by atoms with van der Waals surface area (Å²) < 4.78 is 0. The second kappa shape index (κ2) is 4.00. The molecule has 2 aromatic heterocycles. The van der Waals surface area contributed by atoms with Gasteiger partial charge in [-0.25, -0.2) is 4.98 Å². The van der Waals surface area contributed by atoms with Crippen molar-refractivity contribution in [2.24, 2.45) is 0 Å². The van der Waals surface area contributed by atoms with Crippen LogP contribution in [0.4, 0.5) is 5.69 Å². The molecule has 2 aromatic rings. The van der Waals surface area contributed by atoms with Gasteiger partial charge in [-0.2, -0.15) is 0 Å². The minimum absolute atomic E-state index is 0.771. The SMILES string of the molecule is c1cc(NCc2cscn2)ccn1. The van der Waals surface area contributed by atoms with Crippen LogP contribution in [0.25, 0.3) is 0 Å². The highest BCUT2D eigenvalue weighted by Gasteiger charge is 1.93. The number of hydrogen-bond donors (Lipinski definition) is 1. The standard InChI is InChI=1S/C9H9N3S/c1-3-10-4-2-8(1)11-5-9-6-13-7-12-9/h1-4,6-7H,5H2,(H,10,11). The van der Waals surface area contributed by atoms with E-state index in [4.69, 9.17) is 0 Å². The van der Waals surface area contributed by atoms with E-state index >= 15 is 0 Å². The van der Waals surface area contributed by atoms with E-state index in [1.165, 1.54) is 0 Å². The van der Waals surface area contributed by atoms with Crippen LogP contribution in [0.3, 0.4) is 0 Å². The van der Waals surface area contributed by atoms with Crippen LogP contribution in [-0.2, 0) is 6.54 Å². The average molecular weight is 191 g/mol. The molecule has 0 aliphatic carbocycles. The zero-order valence-corrected chi connectivity index (χ0v) is 7.79. The fraction of sp³-hybridized carbons (Fsp3) is 0.111. The van der Waals surface area contributed by atoms with Gasteiger partial charge in [-0.1, -0.05) is 0 Å². The van der Waals surface area contributed by atoms with Gasteiger partial charge in [-0.15, -0.1) is 11.3 Å². The van der Waals surface area contributed by atoms with E-state index in [-0.39, 0.29) is 0 Å². The minimum atomic E-state index is 0.771. The molecule has 66 valence electrons. The molecule has 2 rings (SSSR count). The number of pyridine rings is 1. The third kappa shape index (κ3) is 2.26. The highest BCUT2D eigenvalue weighted by molar-refractivity contribution is 7.07. The number of thiazole rings is 1. The highest BCUT2D eigenvalue weighted by atomic mass is 32.1. The fourth-order valence-electron chi connectivity index (χ4n) is 0.987. The van der Waals surface area contributed by atoms with Gasteiger partial charge in [0, 0.05) is 23.5 Å². The maximum Gasteiger partial charge on any atom is 0.0795 e. The van der Waals surface area contributed by atoms with Crippen molar-refractivity contribution in [1.82, 2.24) is 9.97 Å². The molecule has 0 aliphatic heterocycles. The molecular weight excluding hydrogens is 182 g/mol. The molecule has 0 saturated carbocycles. The average Bonchev–Trinajstić information content (AvgIpc) is 2.69. The number of hydrogen-bond acceptors (Lipinski definition) is 4. The van der Waals surface area contributed by atoms with Gasteiger partial charge in [0.1, 0.15) is 0 Å². The predicted molar refractivity (Wildman–Crippen MR) is 53.7 cm³/mol. The molecular formula is C9H9N3S. The summed E-state index contributed by atoms with van der Waals surface area (Å²) in [5, 5.41) is 5.29. The third-order valence-electron chi connectivity index (χ3n) is 1.64. The van der Waals surface area contributed by atoms with Gasteiger partial charge in [-0.05, 0) is 12.1 Å². The Balaban J connectivity index is 1.94. The summed E-state index contributed by atoms with van der Waals surface area (Å²) in [6.45, 7) is 0.771. The Labute approximate surface area is 80.5 Å². The van der Waals surface area contributed by atoms with Crippen molar-refractivity contribution < 1.29 is 0 Å². The molecule has 0 aliphatic rings. The van der Waals surface area contributed by atoms with Crippen LogP contribution < -0.4 is 5.32 Å². The van der Waals surface area contributed by atoms with Crippen LogP contribution in [-0.4, -0.2) is 9.97 Å².